The van der Waals surface area contributed by atoms with E-state index in [0.29, 0.717) is 12.5 Å². The number of nitrogens with zero attached hydrogens (tertiary/aromatic N) is 2. The van der Waals surface area contributed by atoms with E-state index in [-0.39, 0.29) is 5.75 Å². The van der Waals surface area contributed by atoms with E-state index >= 15 is 0 Å². The molecular weight excluding hydrogens is 507 g/mol. The Balaban J connectivity index is 0.00000158. The van der Waals surface area contributed by atoms with Crippen LogP contribution in [-0.2, 0) is 6.54 Å². The molecule has 0 spiro atoms. The fourth-order valence-electron chi connectivity index (χ4n) is 3.35. The lowest BCUT2D eigenvalue weighted by Crippen LogP contribution is -2.19. The summed E-state index contributed by atoms with van der Waals surface area (Å²) in [4.78, 5) is 4.78. The number of hydrogen-bond acceptors (Lipinski definition) is 3. The normalized spacial score (nSPS) is 11.2. The molecule has 0 aliphatic carbocycles. The second-order valence-electron chi connectivity index (χ2n) is 7.57. The van der Waals surface area contributed by atoms with Crippen LogP contribution in [0.5, 0.6) is 5.75 Å². The van der Waals surface area contributed by atoms with Crippen LogP contribution in [-0.4, -0.2) is 22.3 Å². The molecule has 0 fully saturated rings. The van der Waals surface area contributed by atoms with Gasteiger partial charge in [0, 0.05) is 16.7 Å². The maximum Gasteiger partial charge on any atom is 0.422 e. The van der Waals surface area contributed by atoms with E-state index < -0.39 is 12.8 Å². The fourth-order valence-corrected chi connectivity index (χ4v) is 3.62. The topological polar surface area (TPSA) is 39.1 Å². The first-order chi connectivity index (χ1) is 16.2. The van der Waals surface area contributed by atoms with Gasteiger partial charge in [-0.15, -0.1) is 0 Å². The summed E-state index contributed by atoms with van der Waals surface area (Å²) in [6.07, 6.45) is -4.38. The number of halogens is 4. The summed E-state index contributed by atoms with van der Waals surface area (Å²) < 4.78 is 45.1. The SMILES string of the molecule is CC.Cc1cc2nc(NCc3ccc(Br)cc3)n(-c3ccc(OCC(F)(F)F)cc3)c2cc1C. The summed E-state index contributed by atoms with van der Waals surface area (Å²) >= 11 is 3.44. The number of aromatic nitrogens is 2. The molecule has 4 aromatic rings. The largest absolute Gasteiger partial charge is 0.484 e. The monoisotopic (exact) mass is 533 g/mol. The van der Waals surface area contributed by atoms with Crippen LogP contribution in [0.15, 0.2) is 65.1 Å². The van der Waals surface area contributed by atoms with Gasteiger partial charge in [-0.05, 0) is 79.1 Å². The average molecular weight is 534 g/mol. The molecule has 0 radical (unpaired) electrons. The molecule has 0 saturated heterocycles. The van der Waals surface area contributed by atoms with Crippen LogP contribution in [0.25, 0.3) is 16.7 Å². The molecule has 34 heavy (non-hydrogen) atoms. The van der Waals surface area contributed by atoms with E-state index in [1.165, 1.54) is 12.1 Å². The predicted octanol–water partition coefficient (Wildman–Crippen LogP) is 7.98. The smallest absolute Gasteiger partial charge is 0.422 e. The molecule has 4 rings (SSSR count). The van der Waals surface area contributed by atoms with Gasteiger partial charge in [0.2, 0.25) is 5.95 Å². The number of anilines is 1. The standard InChI is InChI=1S/C24H21BrF3N3O.C2H6/c1-15-11-21-22(12-16(15)2)31(19-7-9-20(10-8-19)32-14-24(26,27)28)23(30-21)29-13-17-3-5-18(25)6-4-17;1-2/h3-12H,13-14H2,1-2H3,(H,29,30);1-2H3. The van der Waals surface area contributed by atoms with Crippen LogP contribution in [0.4, 0.5) is 19.1 Å². The van der Waals surface area contributed by atoms with E-state index in [0.717, 1.165) is 37.9 Å². The number of imidazole rings is 1. The Morgan fingerprint density at radius 1 is 0.941 bits per heavy atom. The van der Waals surface area contributed by atoms with Crippen molar-refractivity contribution >= 4 is 32.9 Å². The van der Waals surface area contributed by atoms with Gasteiger partial charge in [0.05, 0.1) is 11.0 Å². The molecule has 0 bridgehead atoms. The lowest BCUT2D eigenvalue weighted by molar-refractivity contribution is -0.153. The van der Waals surface area contributed by atoms with Crippen LogP contribution >= 0.6 is 15.9 Å². The minimum absolute atomic E-state index is 0.159. The molecule has 4 nitrogen and oxygen atoms in total. The maximum absolute atomic E-state index is 12.4. The lowest BCUT2D eigenvalue weighted by atomic mass is 10.1. The van der Waals surface area contributed by atoms with Gasteiger partial charge in [0.15, 0.2) is 6.61 Å². The number of fused-ring (bicyclic) bond motifs is 1. The lowest BCUT2D eigenvalue weighted by Gasteiger charge is -2.13. The van der Waals surface area contributed by atoms with Crippen molar-refractivity contribution in [2.75, 3.05) is 11.9 Å². The quantitative estimate of drug-likeness (QED) is 0.273. The van der Waals surface area contributed by atoms with Crippen molar-refractivity contribution in [1.82, 2.24) is 9.55 Å². The van der Waals surface area contributed by atoms with Crippen molar-refractivity contribution < 1.29 is 17.9 Å². The highest BCUT2D eigenvalue weighted by atomic mass is 79.9. The van der Waals surface area contributed by atoms with E-state index in [9.17, 15) is 13.2 Å². The summed E-state index contributed by atoms with van der Waals surface area (Å²) in [7, 11) is 0. The Hall–Kier alpha value is -3.00. The van der Waals surface area contributed by atoms with Gasteiger partial charge in [-0.2, -0.15) is 13.2 Å². The van der Waals surface area contributed by atoms with E-state index in [4.69, 9.17) is 9.72 Å². The zero-order valence-electron chi connectivity index (χ0n) is 19.5. The second-order valence-corrected chi connectivity index (χ2v) is 8.49. The molecular formula is C26H27BrF3N3O. The summed E-state index contributed by atoms with van der Waals surface area (Å²) in [5, 5.41) is 3.39. The molecule has 3 aromatic carbocycles. The molecule has 1 N–H and O–H groups in total. The molecule has 1 heterocycles. The third-order valence-electron chi connectivity index (χ3n) is 5.13. The van der Waals surface area contributed by atoms with Crippen LogP contribution in [0.2, 0.25) is 0 Å². The highest BCUT2D eigenvalue weighted by molar-refractivity contribution is 9.10. The maximum atomic E-state index is 12.4. The second kappa shape index (κ2) is 11.0. The molecule has 0 saturated carbocycles. The highest BCUT2D eigenvalue weighted by Crippen LogP contribution is 2.29. The number of nitrogens with one attached hydrogen (secondary N) is 1. The number of rotatable bonds is 6. The molecule has 0 aliphatic rings. The Morgan fingerprint density at radius 2 is 1.56 bits per heavy atom. The number of alkyl halides is 3. The number of benzene rings is 3. The van der Waals surface area contributed by atoms with E-state index in [1.807, 2.05) is 62.6 Å². The first-order valence-corrected chi connectivity index (χ1v) is 11.8. The van der Waals surface area contributed by atoms with Crippen molar-refractivity contribution in [3.05, 3.63) is 81.8 Å². The molecule has 8 heteroatoms. The molecule has 0 atom stereocenters. The van der Waals surface area contributed by atoms with Gasteiger partial charge in [-0.3, -0.25) is 4.57 Å². The fraction of sp³-hybridized carbons (Fsp3) is 0.269. The van der Waals surface area contributed by atoms with Crippen molar-refractivity contribution in [3.8, 4) is 11.4 Å². The number of ether oxygens (including phenoxy) is 1. The zero-order valence-corrected chi connectivity index (χ0v) is 21.1. The van der Waals surface area contributed by atoms with Crippen molar-refractivity contribution in [3.63, 3.8) is 0 Å². The third kappa shape index (κ3) is 6.32. The number of aryl methyl sites for hydroxylation is 2. The van der Waals surface area contributed by atoms with Crippen LogP contribution in [0.3, 0.4) is 0 Å². The minimum Gasteiger partial charge on any atom is -0.484 e. The number of hydrogen-bond donors (Lipinski definition) is 1. The minimum atomic E-state index is -4.38. The third-order valence-corrected chi connectivity index (χ3v) is 5.66. The molecule has 1 aromatic heterocycles. The average Bonchev–Trinajstić information content (AvgIpc) is 3.16. The molecule has 0 unspecified atom stereocenters. The highest BCUT2D eigenvalue weighted by Gasteiger charge is 2.28. The first-order valence-electron chi connectivity index (χ1n) is 11.0. The van der Waals surface area contributed by atoms with Gasteiger partial charge in [-0.1, -0.05) is 41.9 Å². The van der Waals surface area contributed by atoms with Gasteiger partial charge in [0.25, 0.3) is 0 Å². The van der Waals surface area contributed by atoms with Gasteiger partial charge < -0.3 is 10.1 Å². The molecule has 0 aliphatic heterocycles. The Morgan fingerprint density at radius 3 is 2.18 bits per heavy atom. The van der Waals surface area contributed by atoms with Crippen LogP contribution in [0, 0.1) is 13.8 Å². The molecule has 180 valence electrons. The predicted molar refractivity (Wildman–Crippen MR) is 135 cm³/mol. The summed E-state index contributed by atoms with van der Waals surface area (Å²) in [5.74, 6) is 0.809. The summed E-state index contributed by atoms with van der Waals surface area (Å²) in [6.45, 7) is 7.32. The zero-order chi connectivity index (χ0) is 24.9. The Kier molecular flexibility index (Phi) is 8.25. The van der Waals surface area contributed by atoms with Crippen LogP contribution in [0.1, 0.15) is 30.5 Å². The van der Waals surface area contributed by atoms with Crippen LogP contribution < -0.4 is 10.1 Å². The summed E-state index contributed by atoms with van der Waals surface area (Å²) in [6, 6.07) is 18.6. The van der Waals surface area contributed by atoms with Gasteiger partial charge >= 0.3 is 6.18 Å². The first kappa shape index (κ1) is 25.6. The Labute approximate surface area is 205 Å². The van der Waals surface area contributed by atoms with Crippen molar-refractivity contribution in [2.45, 2.75) is 40.4 Å². The van der Waals surface area contributed by atoms with Crippen molar-refractivity contribution in [1.29, 1.82) is 0 Å². The van der Waals surface area contributed by atoms with E-state index in [2.05, 4.69) is 27.3 Å². The van der Waals surface area contributed by atoms with Gasteiger partial charge in [-0.25, -0.2) is 4.98 Å². The van der Waals surface area contributed by atoms with E-state index in [1.54, 1.807) is 12.1 Å². The molecule has 0 amide bonds. The van der Waals surface area contributed by atoms with Gasteiger partial charge in [0.1, 0.15) is 5.75 Å². The van der Waals surface area contributed by atoms with Crippen molar-refractivity contribution in [2.24, 2.45) is 0 Å². The summed E-state index contributed by atoms with van der Waals surface area (Å²) in [5.41, 5.74) is 5.88. The Bertz CT molecular complexity index is 1230.